The Hall–Kier alpha value is -3.45. The van der Waals surface area contributed by atoms with Gasteiger partial charge in [0.1, 0.15) is 5.82 Å². The fourth-order valence-electron chi connectivity index (χ4n) is 3.51. The van der Waals surface area contributed by atoms with E-state index in [1.54, 1.807) is 25.5 Å². The molecule has 2 aromatic carbocycles. The minimum atomic E-state index is -0.521. The minimum absolute atomic E-state index is 0.105. The van der Waals surface area contributed by atoms with E-state index in [4.69, 9.17) is 5.11 Å². The molecule has 2 aromatic rings. The van der Waals surface area contributed by atoms with Gasteiger partial charge in [0, 0.05) is 25.1 Å². The normalized spacial score (nSPS) is 11.6. The first kappa shape index (κ1) is 36.7. The molecule has 212 valence electrons. The molecule has 38 heavy (non-hydrogen) atoms. The number of urea groups is 1. The highest BCUT2D eigenvalue weighted by Crippen LogP contribution is 2.29. The molecule has 1 aliphatic rings. The van der Waals surface area contributed by atoms with E-state index in [0.717, 1.165) is 38.4 Å². The molecule has 2 amide bonds. The molecule has 0 aliphatic heterocycles. The average Bonchev–Trinajstić information content (AvgIpc) is 3.52. The van der Waals surface area contributed by atoms with Crippen molar-refractivity contribution < 1.29 is 23.8 Å². The summed E-state index contributed by atoms with van der Waals surface area (Å²) < 4.78 is 18.8. The number of hydrogen-bond donors (Lipinski definition) is 3. The molecule has 0 radical (unpaired) electrons. The van der Waals surface area contributed by atoms with Crippen molar-refractivity contribution in [2.75, 3.05) is 26.1 Å². The number of ether oxygens (including phenoxy) is 1. The maximum absolute atomic E-state index is 14.3. The van der Waals surface area contributed by atoms with Crippen LogP contribution in [0.4, 0.5) is 14.9 Å². The number of benzene rings is 2. The summed E-state index contributed by atoms with van der Waals surface area (Å²) >= 11 is 0. The number of halogens is 1. The Morgan fingerprint density at radius 3 is 2.03 bits per heavy atom. The van der Waals surface area contributed by atoms with Gasteiger partial charge in [0.2, 0.25) is 0 Å². The van der Waals surface area contributed by atoms with Crippen molar-refractivity contribution in [3.63, 3.8) is 0 Å². The van der Waals surface area contributed by atoms with Crippen molar-refractivity contribution in [3.8, 4) is 11.1 Å². The van der Waals surface area contributed by atoms with E-state index < -0.39 is 11.8 Å². The molecule has 1 aliphatic carbocycles. The topological polar surface area (TPSA) is 87.7 Å². The van der Waals surface area contributed by atoms with E-state index in [9.17, 15) is 14.0 Å². The van der Waals surface area contributed by atoms with Crippen LogP contribution in [0.25, 0.3) is 11.1 Å². The van der Waals surface area contributed by atoms with Crippen LogP contribution in [-0.4, -0.2) is 37.7 Å². The Labute approximate surface area is 229 Å². The number of carbonyl (C=O) groups excluding carboxylic acids is 2. The van der Waals surface area contributed by atoms with E-state index in [2.05, 4.69) is 21.9 Å². The fourth-order valence-corrected chi connectivity index (χ4v) is 3.51. The lowest BCUT2D eigenvalue weighted by Crippen LogP contribution is -2.28. The predicted octanol–water partition coefficient (Wildman–Crippen LogP) is 8.00. The highest BCUT2D eigenvalue weighted by molar-refractivity contribution is 5.98. The number of allylic oxidation sites excluding steroid dienone is 1. The summed E-state index contributed by atoms with van der Waals surface area (Å²) in [6.07, 6.45) is 9.20. The predicted molar refractivity (Wildman–Crippen MR) is 158 cm³/mol. The maximum atomic E-state index is 14.3. The number of aliphatic hydroxyl groups excluding tert-OH is 1. The Morgan fingerprint density at radius 2 is 1.58 bits per heavy atom. The van der Waals surface area contributed by atoms with Crippen molar-refractivity contribution in [1.82, 2.24) is 5.32 Å². The molecule has 0 atom stereocenters. The Bertz CT molecular complexity index is 937. The first-order valence-electron chi connectivity index (χ1n) is 13.2. The van der Waals surface area contributed by atoms with Gasteiger partial charge in [0.15, 0.2) is 5.78 Å². The molecule has 1 saturated carbocycles. The smallest absolute Gasteiger partial charge is 0.319 e. The summed E-state index contributed by atoms with van der Waals surface area (Å²) in [7, 11) is 2.62. The molecule has 0 bridgehead atoms. The van der Waals surface area contributed by atoms with Gasteiger partial charge in [-0.1, -0.05) is 83.0 Å². The standard InChI is InChI=1S/C22H23FN2O2.C4H8O.2C2H6.CH4O/c1-2-13-24-22(27)25-20-12-11-18(14-19(20)23)15-7-9-17(10-8-15)21(26)16-5-3-4-6-16;1-3-4-5-2;3*1-2/h2,7-12,14,16H,1,3-6,13H2,(H2,24,25,27);3-4H,1-2H3;2*1-2H3;2H,1H3/b;4-3+;;;. The van der Waals surface area contributed by atoms with Crippen molar-refractivity contribution in [2.45, 2.75) is 60.3 Å². The van der Waals surface area contributed by atoms with Gasteiger partial charge < -0.3 is 20.5 Å². The number of ketones is 1. The third-order valence-corrected chi connectivity index (χ3v) is 5.13. The van der Waals surface area contributed by atoms with Gasteiger partial charge in [-0.25, -0.2) is 9.18 Å². The van der Waals surface area contributed by atoms with E-state index in [1.807, 2.05) is 65.0 Å². The Kier molecular flexibility index (Phi) is 23.1. The van der Waals surface area contributed by atoms with Crippen LogP contribution in [0.1, 0.15) is 70.7 Å². The van der Waals surface area contributed by atoms with Crippen LogP contribution in [0.15, 0.2) is 67.5 Å². The van der Waals surface area contributed by atoms with Gasteiger partial charge in [-0.15, -0.1) is 6.58 Å². The summed E-state index contributed by atoms with van der Waals surface area (Å²) in [5.74, 6) is -0.173. The minimum Gasteiger partial charge on any atom is -0.505 e. The summed E-state index contributed by atoms with van der Waals surface area (Å²) in [6.45, 7) is 13.7. The van der Waals surface area contributed by atoms with Gasteiger partial charge in [0.05, 0.1) is 19.1 Å². The van der Waals surface area contributed by atoms with Crippen LogP contribution in [0.5, 0.6) is 0 Å². The monoisotopic (exact) mass is 530 g/mol. The lowest BCUT2D eigenvalue weighted by molar-refractivity contribution is 0.0923. The number of hydrogen-bond acceptors (Lipinski definition) is 4. The largest absolute Gasteiger partial charge is 0.505 e. The van der Waals surface area contributed by atoms with Crippen molar-refractivity contribution in [2.24, 2.45) is 5.92 Å². The molecule has 0 heterocycles. The molecule has 6 nitrogen and oxygen atoms in total. The van der Waals surface area contributed by atoms with E-state index in [0.29, 0.717) is 17.7 Å². The number of methoxy groups -OCH3 is 1. The Morgan fingerprint density at radius 1 is 1.03 bits per heavy atom. The first-order valence-corrected chi connectivity index (χ1v) is 13.2. The quantitative estimate of drug-likeness (QED) is 0.192. The third-order valence-electron chi connectivity index (χ3n) is 5.13. The lowest BCUT2D eigenvalue weighted by atomic mass is 9.94. The summed E-state index contributed by atoms with van der Waals surface area (Å²) in [6, 6.07) is 11.4. The van der Waals surface area contributed by atoms with Crippen LogP contribution in [0.2, 0.25) is 0 Å². The lowest BCUT2D eigenvalue weighted by Gasteiger charge is -2.10. The number of Topliss-reactive ketones (excluding diaryl/α,β-unsaturated/α-hetero) is 1. The van der Waals surface area contributed by atoms with Gasteiger partial charge >= 0.3 is 6.03 Å². The molecule has 0 aromatic heterocycles. The number of carbonyl (C=O) groups is 2. The summed E-state index contributed by atoms with van der Waals surface area (Å²) in [5.41, 5.74) is 2.32. The summed E-state index contributed by atoms with van der Waals surface area (Å²) in [4.78, 5) is 24.1. The highest BCUT2D eigenvalue weighted by atomic mass is 19.1. The number of anilines is 1. The molecule has 0 unspecified atom stereocenters. The zero-order valence-electron chi connectivity index (χ0n) is 24.1. The van der Waals surface area contributed by atoms with Crippen LogP contribution in [0, 0.1) is 11.7 Å². The number of rotatable bonds is 7. The van der Waals surface area contributed by atoms with E-state index >= 15 is 0 Å². The van der Waals surface area contributed by atoms with Gasteiger partial charge in [-0.05, 0) is 43.0 Å². The van der Waals surface area contributed by atoms with Crippen LogP contribution >= 0.6 is 0 Å². The molecular weight excluding hydrogens is 483 g/mol. The molecular formula is C31H47FN2O4. The van der Waals surface area contributed by atoms with Crippen LogP contribution < -0.4 is 10.6 Å². The SMILES string of the molecule is C/C=C/OC.C=CCNC(=O)Nc1ccc(-c2ccc(C(=O)C3CCCC3)cc2)cc1F.CC.CC.CO. The van der Waals surface area contributed by atoms with Gasteiger partial charge in [-0.2, -0.15) is 0 Å². The second kappa shape index (κ2) is 23.9. The zero-order chi connectivity index (χ0) is 29.3. The second-order valence-electron chi connectivity index (χ2n) is 7.45. The van der Waals surface area contributed by atoms with Gasteiger partial charge in [0.25, 0.3) is 0 Å². The van der Waals surface area contributed by atoms with Crippen LogP contribution in [0.3, 0.4) is 0 Å². The fraction of sp³-hybridized carbons (Fsp3) is 0.419. The molecule has 3 N–H and O–H groups in total. The molecule has 1 fully saturated rings. The number of nitrogens with one attached hydrogen (secondary N) is 2. The van der Waals surface area contributed by atoms with Gasteiger partial charge in [-0.3, -0.25) is 4.79 Å². The van der Waals surface area contributed by atoms with Crippen LogP contribution in [-0.2, 0) is 4.74 Å². The van der Waals surface area contributed by atoms with Crippen molar-refractivity contribution >= 4 is 17.5 Å². The second-order valence-corrected chi connectivity index (χ2v) is 7.45. The Balaban J connectivity index is 0. The van der Waals surface area contributed by atoms with Crippen molar-refractivity contribution in [3.05, 3.63) is 78.8 Å². The molecule has 7 heteroatoms. The molecule has 0 spiro atoms. The maximum Gasteiger partial charge on any atom is 0.319 e. The first-order chi connectivity index (χ1) is 18.5. The third kappa shape index (κ3) is 13.7. The zero-order valence-corrected chi connectivity index (χ0v) is 24.1. The van der Waals surface area contributed by atoms with Crippen molar-refractivity contribution in [1.29, 1.82) is 0 Å². The summed E-state index contributed by atoms with van der Waals surface area (Å²) in [5, 5.41) is 12.0. The van der Waals surface area contributed by atoms with E-state index in [-0.39, 0.29) is 17.4 Å². The number of amides is 2. The average molecular weight is 531 g/mol. The highest BCUT2D eigenvalue weighted by Gasteiger charge is 2.23. The molecule has 3 rings (SSSR count). The molecule has 0 saturated heterocycles. The number of aliphatic hydroxyl groups is 1. The van der Waals surface area contributed by atoms with E-state index in [1.165, 1.54) is 12.1 Å².